The van der Waals surface area contributed by atoms with Gasteiger partial charge in [0.2, 0.25) is 0 Å². The molecule has 1 heterocycles. The van der Waals surface area contributed by atoms with Gasteiger partial charge in [0.05, 0.1) is 6.07 Å². The molecular weight excluding hydrogens is 222 g/mol. The maximum absolute atomic E-state index is 9.46. The minimum absolute atomic E-state index is 0.241. The Morgan fingerprint density at radius 3 is 2.83 bits per heavy atom. The highest BCUT2D eigenvalue weighted by atomic mass is 15.2. The van der Waals surface area contributed by atoms with Crippen LogP contribution in [-0.4, -0.2) is 35.6 Å². The van der Waals surface area contributed by atoms with Gasteiger partial charge in [-0.1, -0.05) is 20.3 Å². The van der Waals surface area contributed by atoms with Crippen LogP contribution in [0.5, 0.6) is 0 Å². The fraction of sp³-hybridized carbons (Fsp3) is 0.933. The topological polar surface area (TPSA) is 39.1 Å². The Bertz CT molecular complexity index is 309. The number of hydrogen-bond donors (Lipinski definition) is 1. The molecule has 0 bridgehead atoms. The van der Waals surface area contributed by atoms with Crippen LogP contribution in [0.1, 0.15) is 58.8 Å². The van der Waals surface area contributed by atoms with Crippen molar-refractivity contribution in [3.05, 3.63) is 0 Å². The summed E-state index contributed by atoms with van der Waals surface area (Å²) in [4.78, 5) is 2.71. The van der Waals surface area contributed by atoms with Crippen molar-refractivity contribution in [3.63, 3.8) is 0 Å². The first-order chi connectivity index (χ1) is 8.74. The van der Waals surface area contributed by atoms with Crippen LogP contribution in [-0.2, 0) is 0 Å². The van der Waals surface area contributed by atoms with E-state index in [-0.39, 0.29) is 5.54 Å². The maximum Gasteiger partial charge on any atom is 0.108 e. The van der Waals surface area contributed by atoms with Crippen LogP contribution in [0, 0.1) is 11.3 Å². The molecule has 0 aromatic heterocycles. The Labute approximate surface area is 112 Å². The van der Waals surface area contributed by atoms with Crippen LogP contribution >= 0.6 is 0 Å². The Morgan fingerprint density at radius 1 is 1.33 bits per heavy atom. The van der Waals surface area contributed by atoms with E-state index in [0.29, 0.717) is 6.04 Å². The monoisotopic (exact) mass is 249 g/mol. The molecule has 2 rings (SSSR count). The van der Waals surface area contributed by atoms with Gasteiger partial charge in [-0.3, -0.25) is 10.2 Å². The van der Waals surface area contributed by atoms with Gasteiger partial charge in [-0.2, -0.15) is 5.26 Å². The van der Waals surface area contributed by atoms with Crippen molar-refractivity contribution in [1.29, 1.82) is 5.26 Å². The van der Waals surface area contributed by atoms with Crippen LogP contribution in [0.2, 0.25) is 0 Å². The predicted octanol–water partition coefficient (Wildman–Crippen LogP) is 2.68. The summed E-state index contributed by atoms with van der Waals surface area (Å²) in [5.41, 5.74) is -0.241. The summed E-state index contributed by atoms with van der Waals surface area (Å²) in [6.45, 7) is 6.55. The van der Waals surface area contributed by atoms with Crippen molar-refractivity contribution in [1.82, 2.24) is 10.2 Å². The predicted molar refractivity (Wildman–Crippen MR) is 74.3 cm³/mol. The molecule has 2 aliphatic rings. The first kappa shape index (κ1) is 13.8. The van der Waals surface area contributed by atoms with E-state index in [1.165, 1.54) is 38.6 Å². The molecule has 3 atom stereocenters. The van der Waals surface area contributed by atoms with E-state index in [1.807, 2.05) is 0 Å². The lowest BCUT2D eigenvalue weighted by Gasteiger charge is -2.40. The highest BCUT2D eigenvalue weighted by Crippen LogP contribution is 2.36. The van der Waals surface area contributed by atoms with E-state index in [9.17, 15) is 5.26 Å². The summed E-state index contributed by atoms with van der Waals surface area (Å²) in [6.07, 6.45) is 8.58. The Balaban J connectivity index is 2.00. The molecule has 1 saturated heterocycles. The molecule has 1 aliphatic heterocycles. The molecule has 1 aliphatic carbocycles. The minimum atomic E-state index is -0.241. The van der Waals surface area contributed by atoms with E-state index in [0.717, 1.165) is 25.4 Å². The molecular formula is C15H27N3. The molecule has 3 nitrogen and oxygen atoms in total. The second kappa shape index (κ2) is 6.04. The van der Waals surface area contributed by atoms with Crippen LogP contribution in [0.15, 0.2) is 0 Å². The highest BCUT2D eigenvalue weighted by Gasteiger charge is 2.42. The van der Waals surface area contributed by atoms with Crippen LogP contribution in [0.3, 0.4) is 0 Å². The Morgan fingerprint density at radius 2 is 2.17 bits per heavy atom. The Hall–Kier alpha value is -0.590. The van der Waals surface area contributed by atoms with Gasteiger partial charge >= 0.3 is 0 Å². The van der Waals surface area contributed by atoms with Gasteiger partial charge in [-0.15, -0.1) is 0 Å². The second-order valence-electron chi connectivity index (χ2n) is 5.92. The lowest BCUT2D eigenvalue weighted by Crippen LogP contribution is -2.48. The lowest BCUT2D eigenvalue weighted by atomic mass is 9.95. The zero-order valence-corrected chi connectivity index (χ0v) is 11.9. The van der Waals surface area contributed by atoms with Gasteiger partial charge in [-0.05, 0) is 51.6 Å². The van der Waals surface area contributed by atoms with Gasteiger partial charge in [0, 0.05) is 12.1 Å². The van der Waals surface area contributed by atoms with Gasteiger partial charge in [0.15, 0.2) is 0 Å². The summed E-state index contributed by atoms with van der Waals surface area (Å²) < 4.78 is 0. The standard InChI is InChI=1S/C15H27N3/c1-3-13-7-5-6-10-18(13)14-8-9-15(11-14,12-16)17-4-2/h13-14,17H,3-11H2,1-2H3. The third kappa shape index (κ3) is 2.70. The first-order valence-electron chi connectivity index (χ1n) is 7.66. The summed E-state index contributed by atoms with van der Waals surface area (Å²) in [5.74, 6) is 0. The average molecular weight is 249 g/mol. The highest BCUT2D eigenvalue weighted by molar-refractivity contribution is 5.13. The normalized spacial score (nSPS) is 37.6. The van der Waals surface area contributed by atoms with Crippen molar-refractivity contribution >= 4 is 0 Å². The molecule has 3 unspecified atom stereocenters. The zero-order valence-electron chi connectivity index (χ0n) is 11.9. The fourth-order valence-corrected chi connectivity index (χ4v) is 3.88. The number of nitriles is 1. The zero-order chi connectivity index (χ0) is 13.0. The van der Waals surface area contributed by atoms with E-state index >= 15 is 0 Å². The molecule has 18 heavy (non-hydrogen) atoms. The number of likely N-dealkylation sites (tertiary alicyclic amines) is 1. The van der Waals surface area contributed by atoms with E-state index in [1.54, 1.807) is 0 Å². The van der Waals surface area contributed by atoms with Crippen molar-refractivity contribution in [2.75, 3.05) is 13.1 Å². The fourth-order valence-electron chi connectivity index (χ4n) is 3.88. The third-order valence-electron chi connectivity index (χ3n) is 4.83. The third-order valence-corrected chi connectivity index (χ3v) is 4.83. The summed E-state index contributed by atoms with van der Waals surface area (Å²) in [5, 5.41) is 12.9. The van der Waals surface area contributed by atoms with Gasteiger partial charge in [-0.25, -0.2) is 0 Å². The molecule has 0 aromatic rings. The molecule has 3 heteroatoms. The van der Waals surface area contributed by atoms with Crippen molar-refractivity contribution in [2.45, 2.75) is 76.4 Å². The minimum Gasteiger partial charge on any atom is -0.300 e. The van der Waals surface area contributed by atoms with Crippen LogP contribution < -0.4 is 5.32 Å². The Kier molecular flexibility index (Phi) is 4.64. The van der Waals surface area contributed by atoms with E-state index < -0.39 is 0 Å². The number of nitrogens with zero attached hydrogens (tertiary/aromatic N) is 2. The SMILES string of the molecule is CCNC1(C#N)CCC(N2CCCCC2CC)C1. The van der Waals surface area contributed by atoms with Crippen molar-refractivity contribution in [3.8, 4) is 6.07 Å². The molecule has 0 radical (unpaired) electrons. The molecule has 0 aromatic carbocycles. The molecule has 1 N–H and O–H groups in total. The van der Waals surface area contributed by atoms with Gasteiger partial charge < -0.3 is 0 Å². The van der Waals surface area contributed by atoms with Gasteiger partial charge in [0.1, 0.15) is 5.54 Å². The average Bonchev–Trinajstić information content (AvgIpc) is 2.84. The summed E-state index contributed by atoms with van der Waals surface area (Å²) >= 11 is 0. The summed E-state index contributed by atoms with van der Waals surface area (Å²) in [6, 6.07) is 3.94. The van der Waals surface area contributed by atoms with Gasteiger partial charge in [0.25, 0.3) is 0 Å². The number of piperidine rings is 1. The van der Waals surface area contributed by atoms with Crippen LogP contribution in [0.4, 0.5) is 0 Å². The molecule has 102 valence electrons. The lowest BCUT2D eigenvalue weighted by molar-refractivity contribution is 0.0913. The summed E-state index contributed by atoms with van der Waals surface area (Å²) in [7, 11) is 0. The van der Waals surface area contributed by atoms with E-state index in [2.05, 4.69) is 30.1 Å². The number of hydrogen-bond acceptors (Lipinski definition) is 3. The molecule has 0 spiro atoms. The van der Waals surface area contributed by atoms with Crippen molar-refractivity contribution in [2.24, 2.45) is 0 Å². The first-order valence-corrected chi connectivity index (χ1v) is 7.66. The van der Waals surface area contributed by atoms with Crippen LogP contribution in [0.25, 0.3) is 0 Å². The van der Waals surface area contributed by atoms with Crippen molar-refractivity contribution < 1.29 is 0 Å². The molecule has 1 saturated carbocycles. The smallest absolute Gasteiger partial charge is 0.108 e. The van der Waals surface area contributed by atoms with E-state index in [4.69, 9.17) is 0 Å². The quantitative estimate of drug-likeness (QED) is 0.832. The largest absolute Gasteiger partial charge is 0.300 e. The maximum atomic E-state index is 9.46. The molecule has 0 amide bonds. The second-order valence-corrected chi connectivity index (χ2v) is 5.92. The number of nitrogens with one attached hydrogen (secondary N) is 1. The molecule has 2 fully saturated rings. The number of rotatable bonds is 4.